The van der Waals surface area contributed by atoms with Crippen LogP contribution in [0, 0.1) is 11.7 Å². The lowest BCUT2D eigenvalue weighted by atomic mass is 9.97. The lowest BCUT2D eigenvalue weighted by Gasteiger charge is -2.31. The van der Waals surface area contributed by atoms with Crippen molar-refractivity contribution in [2.24, 2.45) is 5.92 Å². The van der Waals surface area contributed by atoms with Crippen molar-refractivity contribution in [3.8, 4) is 0 Å². The molecule has 31 heavy (non-hydrogen) atoms. The van der Waals surface area contributed by atoms with Gasteiger partial charge in [-0.05, 0) is 49.2 Å². The molecule has 3 amide bonds. The van der Waals surface area contributed by atoms with Gasteiger partial charge in [0.15, 0.2) is 0 Å². The Balaban J connectivity index is 1.30. The number of ether oxygens (including phenoxy) is 1. The molecule has 7 nitrogen and oxygen atoms in total. The van der Waals surface area contributed by atoms with Crippen LogP contribution in [0.15, 0.2) is 48.5 Å². The van der Waals surface area contributed by atoms with Crippen molar-refractivity contribution in [1.29, 1.82) is 0 Å². The summed E-state index contributed by atoms with van der Waals surface area (Å²) >= 11 is 0. The maximum Gasteiger partial charge on any atom is 0.310 e. The Morgan fingerprint density at radius 1 is 1.00 bits per heavy atom. The van der Waals surface area contributed by atoms with E-state index in [9.17, 15) is 23.6 Å². The van der Waals surface area contributed by atoms with Crippen molar-refractivity contribution in [2.75, 3.05) is 26.2 Å². The Bertz CT molecular complexity index is 1000. The minimum Gasteiger partial charge on any atom is -0.464 e. The van der Waals surface area contributed by atoms with E-state index in [1.54, 1.807) is 29.2 Å². The molecule has 1 atom stereocenters. The van der Waals surface area contributed by atoms with E-state index in [2.05, 4.69) is 0 Å². The van der Waals surface area contributed by atoms with Gasteiger partial charge in [0, 0.05) is 18.7 Å². The summed E-state index contributed by atoms with van der Waals surface area (Å²) in [6.45, 7) is 0.590. The number of hydrogen-bond acceptors (Lipinski definition) is 5. The highest BCUT2D eigenvalue weighted by atomic mass is 19.1. The molecule has 8 heteroatoms. The van der Waals surface area contributed by atoms with Gasteiger partial charge in [0.2, 0.25) is 0 Å². The van der Waals surface area contributed by atoms with Gasteiger partial charge in [-0.25, -0.2) is 4.39 Å². The fourth-order valence-electron chi connectivity index (χ4n) is 3.93. The second-order valence-electron chi connectivity index (χ2n) is 7.57. The molecule has 0 N–H and O–H groups in total. The molecule has 0 aromatic heterocycles. The molecule has 4 rings (SSSR count). The molecule has 0 aliphatic carbocycles. The van der Waals surface area contributed by atoms with Crippen molar-refractivity contribution < 1.29 is 28.3 Å². The van der Waals surface area contributed by atoms with Crippen LogP contribution in [0.5, 0.6) is 0 Å². The second-order valence-corrected chi connectivity index (χ2v) is 7.57. The third-order valence-electron chi connectivity index (χ3n) is 5.57. The highest BCUT2D eigenvalue weighted by Gasteiger charge is 2.35. The minimum atomic E-state index is -0.486. The maximum absolute atomic E-state index is 13.1. The van der Waals surface area contributed by atoms with Crippen molar-refractivity contribution in [1.82, 2.24) is 9.80 Å². The third kappa shape index (κ3) is 4.19. The Hall–Kier alpha value is -3.55. The fraction of sp³-hybridized carbons (Fsp3) is 0.304. The van der Waals surface area contributed by atoms with Crippen molar-refractivity contribution in [2.45, 2.75) is 12.8 Å². The molecular formula is C23H21FN2O5. The fourth-order valence-corrected chi connectivity index (χ4v) is 3.93. The van der Waals surface area contributed by atoms with Gasteiger partial charge in [-0.1, -0.05) is 12.1 Å². The van der Waals surface area contributed by atoms with Crippen LogP contribution in [0.2, 0.25) is 0 Å². The summed E-state index contributed by atoms with van der Waals surface area (Å²) in [6.07, 6.45) is 1.23. The molecule has 0 radical (unpaired) electrons. The second kappa shape index (κ2) is 8.67. The van der Waals surface area contributed by atoms with Crippen LogP contribution < -0.4 is 0 Å². The van der Waals surface area contributed by atoms with E-state index in [0.29, 0.717) is 36.1 Å². The molecule has 0 spiro atoms. The maximum atomic E-state index is 13.1. The normalized spacial score (nSPS) is 18.2. The SMILES string of the molecule is O=C(OCCN1C(=O)c2ccccc2C1=O)C1CCCN(C(=O)c2ccc(F)cc2)C1. The van der Waals surface area contributed by atoms with Crippen LogP contribution in [-0.4, -0.2) is 59.7 Å². The Morgan fingerprint density at radius 3 is 2.29 bits per heavy atom. The smallest absolute Gasteiger partial charge is 0.310 e. The summed E-state index contributed by atoms with van der Waals surface area (Å²) in [6, 6.07) is 11.9. The van der Waals surface area contributed by atoms with E-state index < -0.39 is 29.5 Å². The van der Waals surface area contributed by atoms with E-state index in [1.807, 2.05) is 0 Å². The molecule has 2 aromatic carbocycles. The molecule has 0 saturated carbocycles. The number of amides is 3. The average molecular weight is 424 g/mol. The molecule has 2 heterocycles. The van der Waals surface area contributed by atoms with Crippen molar-refractivity contribution in [3.05, 3.63) is 71.0 Å². The van der Waals surface area contributed by atoms with E-state index >= 15 is 0 Å². The number of fused-ring (bicyclic) bond motifs is 1. The highest BCUT2D eigenvalue weighted by molar-refractivity contribution is 6.21. The van der Waals surface area contributed by atoms with Crippen LogP contribution in [0.1, 0.15) is 43.9 Å². The summed E-state index contributed by atoms with van der Waals surface area (Å²) in [5.74, 6) is -2.43. The number of esters is 1. The van der Waals surface area contributed by atoms with Gasteiger partial charge < -0.3 is 9.64 Å². The molecule has 2 aliphatic heterocycles. The molecule has 1 unspecified atom stereocenters. The van der Waals surface area contributed by atoms with Crippen LogP contribution in [0.4, 0.5) is 4.39 Å². The zero-order valence-corrected chi connectivity index (χ0v) is 16.8. The summed E-state index contributed by atoms with van der Waals surface area (Å²) in [5, 5.41) is 0. The lowest BCUT2D eigenvalue weighted by Crippen LogP contribution is -2.43. The first kappa shape index (κ1) is 20.7. The Kier molecular flexibility index (Phi) is 5.79. The van der Waals surface area contributed by atoms with Gasteiger partial charge in [0.25, 0.3) is 17.7 Å². The summed E-state index contributed by atoms with van der Waals surface area (Å²) in [4.78, 5) is 52.5. The number of piperidine rings is 1. The standard InChI is InChI=1S/C23H21FN2O5/c24-17-9-7-15(8-10-17)20(27)25-11-3-4-16(14-25)23(30)31-13-12-26-21(28)18-5-1-2-6-19(18)22(26)29/h1-2,5-10,16H,3-4,11-14H2. The number of nitrogens with zero attached hydrogens (tertiary/aromatic N) is 2. The number of carbonyl (C=O) groups is 4. The molecule has 160 valence electrons. The van der Waals surface area contributed by atoms with Gasteiger partial charge in [-0.15, -0.1) is 0 Å². The van der Waals surface area contributed by atoms with Crippen molar-refractivity contribution >= 4 is 23.7 Å². The van der Waals surface area contributed by atoms with E-state index in [1.165, 1.54) is 24.3 Å². The number of imide groups is 1. The predicted octanol–water partition coefficient (Wildman–Crippen LogP) is 2.52. The van der Waals surface area contributed by atoms with Gasteiger partial charge >= 0.3 is 5.97 Å². The first-order valence-corrected chi connectivity index (χ1v) is 10.1. The zero-order chi connectivity index (χ0) is 22.0. The number of carbonyl (C=O) groups excluding carboxylic acids is 4. The summed E-state index contributed by atoms with van der Waals surface area (Å²) < 4.78 is 18.4. The van der Waals surface area contributed by atoms with Crippen LogP contribution in [-0.2, 0) is 9.53 Å². The number of rotatable bonds is 5. The predicted molar refractivity (Wildman–Crippen MR) is 108 cm³/mol. The van der Waals surface area contributed by atoms with Gasteiger partial charge in [-0.2, -0.15) is 0 Å². The van der Waals surface area contributed by atoms with Crippen molar-refractivity contribution in [3.63, 3.8) is 0 Å². The summed E-state index contributed by atoms with van der Waals surface area (Å²) in [5.41, 5.74) is 1.06. The largest absolute Gasteiger partial charge is 0.464 e. The lowest BCUT2D eigenvalue weighted by molar-refractivity contribution is -0.150. The highest BCUT2D eigenvalue weighted by Crippen LogP contribution is 2.23. The molecule has 2 aromatic rings. The molecule has 2 aliphatic rings. The Morgan fingerprint density at radius 2 is 1.65 bits per heavy atom. The van der Waals surface area contributed by atoms with Gasteiger partial charge in [0.05, 0.1) is 23.6 Å². The first-order valence-electron chi connectivity index (χ1n) is 10.1. The van der Waals surface area contributed by atoms with Gasteiger partial charge in [0.1, 0.15) is 12.4 Å². The zero-order valence-electron chi connectivity index (χ0n) is 16.8. The first-order chi connectivity index (χ1) is 15.0. The van der Waals surface area contributed by atoms with E-state index in [0.717, 1.165) is 4.90 Å². The summed E-state index contributed by atoms with van der Waals surface area (Å²) in [7, 11) is 0. The number of likely N-dealkylation sites (tertiary alicyclic amines) is 1. The monoisotopic (exact) mass is 424 g/mol. The number of hydrogen-bond donors (Lipinski definition) is 0. The van der Waals surface area contributed by atoms with E-state index in [4.69, 9.17) is 4.74 Å². The Labute approximate surface area is 178 Å². The average Bonchev–Trinajstić information content (AvgIpc) is 3.04. The molecular weight excluding hydrogens is 403 g/mol. The topological polar surface area (TPSA) is 84.0 Å². The van der Waals surface area contributed by atoms with Crippen LogP contribution in [0.25, 0.3) is 0 Å². The third-order valence-corrected chi connectivity index (χ3v) is 5.57. The van der Waals surface area contributed by atoms with E-state index in [-0.39, 0.29) is 25.6 Å². The quantitative estimate of drug-likeness (QED) is 0.544. The number of benzene rings is 2. The number of halogens is 1. The molecule has 0 bridgehead atoms. The molecule has 1 saturated heterocycles. The van der Waals surface area contributed by atoms with Crippen LogP contribution in [0.3, 0.4) is 0 Å². The minimum absolute atomic E-state index is 0.0248. The van der Waals surface area contributed by atoms with Crippen LogP contribution >= 0.6 is 0 Å². The van der Waals surface area contributed by atoms with Gasteiger partial charge in [-0.3, -0.25) is 24.1 Å². The molecule has 1 fully saturated rings.